The van der Waals surface area contributed by atoms with Crippen LogP contribution in [-0.2, 0) is 13.1 Å². The molecule has 0 fully saturated rings. The molecular formula is C12H15FN4. The fourth-order valence-corrected chi connectivity index (χ4v) is 1.74. The molecule has 90 valence electrons. The molecule has 17 heavy (non-hydrogen) atoms. The minimum absolute atomic E-state index is 0.276. The minimum Gasteiger partial charge on any atom is -0.326 e. The van der Waals surface area contributed by atoms with Gasteiger partial charge in [-0.05, 0) is 24.1 Å². The van der Waals surface area contributed by atoms with Crippen LogP contribution >= 0.6 is 0 Å². The van der Waals surface area contributed by atoms with Gasteiger partial charge in [0.15, 0.2) is 0 Å². The van der Waals surface area contributed by atoms with Crippen molar-refractivity contribution in [1.82, 2.24) is 15.0 Å². The predicted octanol–water partition coefficient (Wildman–Crippen LogP) is 1.95. The predicted molar refractivity (Wildman–Crippen MR) is 63.6 cm³/mol. The molecule has 0 atom stereocenters. The molecule has 5 heteroatoms. The van der Waals surface area contributed by atoms with E-state index in [1.165, 1.54) is 6.07 Å². The third kappa shape index (κ3) is 2.34. The molecular weight excluding hydrogens is 219 g/mol. The molecule has 0 saturated carbocycles. The summed E-state index contributed by atoms with van der Waals surface area (Å²) in [5.41, 5.74) is 7.65. The van der Waals surface area contributed by atoms with E-state index in [9.17, 15) is 4.39 Å². The van der Waals surface area contributed by atoms with Gasteiger partial charge in [0.2, 0.25) is 0 Å². The van der Waals surface area contributed by atoms with Gasteiger partial charge in [-0.2, -0.15) is 0 Å². The third-order valence-corrected chi connectivity index (χ3v) is 2.60. The zero-order valence-corrected chi connectivity index (χ0v) is 9.73. The second-order valence-electron chi connectivity index (χ2n) is 3.86. The fourth-order valence-electron chi connectivity index (χ4n) is 1.74. The molecule has 0 bridgehead atoms. The van der Waals surface area contributed by atoms with Crippen LogP contribution in [-0.4, -0.2) is 15.0 Å². The monoisotopic (exact) mass is 234 g/mol. The third-order valence-electron chi connectivity index (χ3n) is 2.60. The fraction of sp³-hybridized carbons (Fsp3) is 0.333. The summed E-state index contributed by atoms with van der Waals surface area (Å²) >= 11 is 0. The number of hydrogen-bond acceptors (Lipinski definition) is 3. The summed E-state index contributed by atoms with van der Waals surface area (Å²) in [5, 5.41) is 7.78. The highest BCUT2D eigenvalue weighted by atomic mass is 19.1. The van der Waals surface area contributed by atoms with E-state index in [-0.39, 0.29) is 5.82 Å². The Kier molecular flexibility index (Phi) is 3.49. The molecule has 0 amide bonds. The van der Waals surface area contributed by atoms with Crippen molar-refractivity contribution in [2.45, 2.75) is 26.4 Å². The Hall–Kier alpha value is -1.75. The lowest BCUT2D eigenvalue weighted by molar-refractivity contribution is 0.578. The highest BCUT2D eigenvalue weighted by Crippen LogP contribution is 2.23. The number of nitrogens with two attached hydrogens (primary N) is 1. The molecule has 1 heterocycles. The average Bonchev–Trinajstić information content (AvgIpc) is 2.78. The van der Waals surface area contributed by atoms with Crippen molar-refractivity contribution >= 4 is 0 Å². The summed E-state index contributed by atoms with van der Waals surface area (Å²) in [7, 11) is 0. The molecule has 2 aromatic rings. The van der Waals surface area contributed by atoms with Gasteiger partial charge in [-0.25, -0.2) is 9.07 Å². The second kappa shape index (κ2) is 5.05. The van der Waals surface area contributed by atoms with Crippen molar-refractivity contribution in [1.29, 1.82) is 0 Å². The van der Waals surface area contributed by atoms with Crippen molar-refractivity contribution in [3.05, 3.63) is 35.8 Å². The normalized spacial score (nSPS) is 10.8. The summed E-state index contributed by atoms with van der Waals surface area (Å²) in [6.07, 6.45) is 2.50. The first kappa shape index (κ1) is 11.7. The van der Waals surface area contributed by atoms with Crippen LogP contribution in [0, 0.1) is 5.82 Å². The molecule has 0 aliphatic heterocycles. The van der Waals surface area contributed by atoms with Crippen molar-refractivity contribution in [3.63, 3.8) is 0 Å². The Labute approximate surface area is 99.2 Å². The van der Waals surface area contributed by atoms with Crippen LogP contribution in [0.1, 0.15) is 18.9 Å². The second-order valence-corrected chi connectivity index (χ2v) is 3.86. The van der Waals surface area contributed by atoms with Crippen molar-refractivity contribution in [2.75, 3.05) is 0 Å². The van der Waals surface area contributed by atoms with Gasteiger partial charge in [-0.3, -0.25) is 0 Å². The Morgan fingerprint density at radius 1 is 1.41 bits per heavy atom. The van der Waals surface area contributed by atoms with Crippen LogP contribution < -0.4 is 5.73 Å². The maximum Gasteiger partial charge on any atom is 0.132 e. The Bertz CT molecular complexity index is 507. The minimum atomic E-state index is -0.276. The Morgan fingerprint density at radius 3 is 2.94 bits per heavy atom. The lowest BCUT2D eigenvalue weighted by Crippen LogP contribution is -2.03. The number of rotatable bonds is 4. The lowest BCUT2D eigenvalue weighted by atomic mass is 10.1. The summed E-state index contributed by atoms with van der Waals surface area (Å²) in [6, 6.07) is 4.87. The number of aryl methyl sites for hydroxylation is 1. The van der Waals surface area contributed by atoms with Crippen molar-refractivity contribution in [3.8, 4) is 11.3 Å². The van der Waals surface area contributed by atoms with Gasteiger partial charge in [0.05, 0.1) is 11.9 Å². The van der Waals surface area contributed by atoms with Gasteiger partial charge in [-0.15, -0.1) is 5.10 Å². The van der Waals surface area contributed by atoms with Crippen molar-refractivity contribution in [2.24, 2.45) is 5.73 Å². The zero-order valence-electron chi connectivity index (χ0n) is 9.73. The SMILES string of the molecule is CCCn1nncc1-c1cc(CN)ccc1F. The van der Waals surface area contributed by atoms with E-state index in [4.69, 9.17) is 5.73 Å². The molecule has 0 spiro atoms. The van der Waals surface area contributed by atoms with Gasteiger partial charge in [0.1, 0.15) is 5.82 Å². The molecule has 1 aromatic carbocycles. The highest BCUT2D eigenvalue weighted by molar-refractivity contribution is 5.60. The van der Waals surface area contributed by atoms with E-state index >= 15 is 0 Å². The van der Waals surface area contributed by atoms with Gasteiger partial charge >= 0.3 is 0 Å². The number of benzene rings is 1. The van der Waals surface area contributed by atoms with Crippen LogP contribution in [0.5, 0.6) is 0 Å². The topological polar surface area (TPSA) is 56.7 Å². The number of hydrogen-bond donors (Lipinski definition) is 1. The van der Waals surface area contributed by atoms with Crippen LogP contribution in [0.25, 0.3) is 11.3 Å². The average molecular weight is 234 g/mol. The largest absolute Gasteiger partial charge is 0.326 e. The molecule has 2 N–H and O–H groups in total. The van der Waals surface area contributed by atoms with Gasteiger partial charge in [0, 0.05) is 18.7 Å². The standard InChI is InChI=1S/C12H15FN4/c1-2-5-17-12(8-15-16-17)10-6-9(7-14)3-4-11(10)13/h3-4,6,8H,2,5,7,14H2,1H3. The van der Waals surface area contributed by atoms with Crippen LogP contribution in [0.2, 0.25) is 0 Å². The molecule has 0 saturated heterocycles. The van der Waals surface area contributed by atoms with E-state index in [2.05, 4.69) is 10.3 Å². The molecule has 2 rings (SSSR count). The quantitative estimate of drug-likeness (QED) is 0.879. The van der Waals surface area contributed by atoms with Crippen LogP contribution in [0.15, 0.2) is 24.4 Å². The van der Waals surface area contributed by atoms with Crippen molar-refractivity contribution < 1.29 is 4.39 Å². The highest BCUT2D eigenvalue weighted by Gasteiger charge is 2.11. The van der Waals surface area contributed by atoms with Gasteiger partial charge < -0.3 is 5.73 Å². The maximum atomic E-state index is 13.8. The summed E-state index contributed by atoms with van der Waals surface area (Å²) in [5.74, 6) is -0.276. The Morgan fingerprint density at radius 2 is 2.24 bits per heavy atom. The number of halogens is 1. The van der Waals surface area contributed by atoms with E-state index in [1.54, 1.807) is 23.0 Å². The number of aromatic nitrogens is 3. The van der Waals surface area contributed by atoms with E-state index in [0.717, 1.165) is 18.5 Å². The first-order valence-electron chi connectivity index (χ1n) is 5.63. The molecule has 0 unspecified atom stereocenters. The molecule has 4 nitrogen and oxygen atoms in total. The lowest BCUT2D eigenvalue weighted by Gasteiger charge is -2.07. The van der Waals surface area contributed by atoms with E-state index < -0.39 is 0 Å². The Balaban J connectivity index is 2.47. The molecule has 0 radical (unpaired) electrons. The van der Waals surface area contributed by atoms with Crippen LogP contribution in [0.4, 0.5) is 4.39 Å². The van der Waals surface area contributed by atoms with E-state index in [1.807, 2.05) is 6.92 Å². The van der Waals surface area contributed by atoms with Gasteiger partial charge in [-0.1, -0.05) is 18.2 Å². The number of nitrogens with zero attached hydrogens (tertiary/aromatic N) is 3. The first-order valence-corrected chi connectivity index (χ1v) is 5.63. The maximum absolute atomic E-state index is 13.8. The molecule has 0 aliphatic carbocycles. The summed E-state index contributed by atoms with van der Waals surface area (Å²) < 4.78 is 15.5. The zero-order chi connectivity index (χ0) is 12.3. The summed E-state index contributed by atoms with van der Waals surface area (Å²) in [6.45, 7) is 3.16. The first-order chi connectivity index (χ1) is 8.26. The summed E-state index contributed by atoms with van der Waals surface area (Å²) in [4.78, 5) is 0. The van der Waals surface area contributed by atoms with E-state index in [0.29, 0.717) is 17.8 Å². The molecule has 1 aromatic heterocycles. The van der Waals surface area contributed by atoms with Crippen LogP contribution in [0.3, 0.4) is 0 Å². The molecule has 0 aliphatic rings. The van der Waals surface area contributed by atoms with Gasteiger partial charge in [0.25, 0.3) is 0 Å². The smallest absolute Gasteiger partial charge is 0.132 e.